The average molecular weight is 406 g/mol. The summed E-state index contributed by atoms with van der Waals surface area (Å²) in [5.74, 6) is 1.54. The monoisotopic (exact) mass is 405 g/mol. The molecule has 0 heterocycles. The van der Waals surface area contributed by atoms with Gasteiger partial charge in [0.15, 0.2) is 11.5 Å². The molecule has 136 valence electrons. The Morgan fingerprint density at radius 2 is 1.64 bits per heavy atom. The maximum absolute atomic E-state index is 6.02. The van der Waals surface area contributed by atoms with Gasteiger partial charge in [0.25, 0.3) is 0 Å². The number of rotatable bonds is 7. The Bertz CT molecular complexity index is 690. The van der Waals surface area contributed by atoms with Crippen LogP contribution in [-0.4, -0.2) is 12.1 Å². The minimum atomic E-state index is 0.0613. The Morgan fingerprint density at radius 3 is 2.24 bits per heavy atom. The number of ether oxygens (including phenoxy) is 2. The van der Waals surface area contributed by atoms with Gasteiger partial charge in [-0.1, -0.05) is 45.8 Å². The quantitative estimate of drug-likeness (QED) is 0.647. The molecule has 0 bridgehead atoms. The van der Waals surface area contributed by atoms with Gasteiger partial charge in [0.2, 0.25) is 0 Å². The molecular formula is C21H28BrNO2. The van der Waals surface area contributed by atoms with Crippen LogP contribution in [0.15, 0.2) is 40.9 Å². The molecule has 0 aromatic heterocycles. The van der Waals surface area contributed by atoms with Crippen molar-refractivity contribution in [2.75, 3.05) is 6.61 Å². The van der Waals surface area contributed by atoms with Crippen LogP contribution in [0.5, 0.6) is 11.5 Å². The van der Waals surface area contributed by atoms with Crippen LogP contribution >= 0.6 is 15.9 Å². The van der Waals surface area contributed by atoms with Crippen molar-refractivity contribution in [1.82, 2.24) is 5.32 Å². The van der Waals surface area contributed by atoms with E-state index >= 15 is 0 Å². The summed E-state index contributed by atoms with van der Waals surface area (Å²) in [6, 6.07) is 12.4. The van der Waals surface area contributed by atoms with Gasteiger partial charge in [-0.25, -0.2) is 0 Å². The molecule has 2 aromatic rings. The fourth-order valence-corrected chi connectivity index (χ4v) is 2.76. The molecule has 0 saturated carbocycles. The van der Waals surface area contributed by atoms with E-state index in [2.05, 4.69) is 79.3 Å². The second-order valence-electron chi connectivity index (χ2n) is 7.20. The molecule has 0 fully saturated rings. The van der Waals surface area contributed by atoms with E-state index in [0.29, 0.717) is 13.2 Å². The highest BCUT2D eigenvalue weighted by Gasteiger charge is 2.14. The van der Waals surface area contributed by atoms with Crippen LogP contribution < -0.4 is 14.8 Å². The number of halogens is 1. The van der Waals surface area contributed by atoms with E-state index in [1.807, 2.05) is 13.0 Å². The first-order chi connectivity index (χ1) is 11.8. The minimum absolute atomic E-state index is 0.0613. The molecule has 2 aromatic carbocycles. The van der Waals surface area contributed by atoms with Crippen molar-refractivity contribution >= 4 is 15.9 Å². The molecule has 0 saturated heterocycles. The highest BCUT2D eigenvalue weighted by molar-refractivity contribution is 9.10. The predicted molar refractivity (Wildman–Crippen MR) is 107 cm³/mol. The first-order valence-electron chi connectivity index (χ1n) is 8.67. The number of hydrogen-bond acceptors (Lipinski definition) is 3. The van der Waals surface area contributed by atoms with Crippen molar-refractivity contribution in [2.24, 2.45) is 0 Å². The molecule has 0 aliphatic heterocycles. The number of benzene rings is 2. The number of hydrogen-bond donors (Lipinski definition) is 1. The summed E-state index contributed by atoms with van der Waals surface area (Å²) in [6.07, 6.45) is 0. The van der Waals surface area contributed by atoms with Crippen LogP contribution in [0.25, 0.3) is 0 Å². The van der Waals surface area contributed by atoms with Crippen LogP contribution in [-0.2, 0) is 13.2 Å². The molecule has 0 radical (unpaired) electrons. The van der Waals surface area contributed by atoms with Crippen molar-refractivity contribution in [2.45, 2.75) is 53.3 Å². The van der Waals surface area contributed by atoms with Gasteiger partial charge in [-0.2, -0.15) is 0 Å². The zero-order chi connectivity index (χ0) is 18.4. The van der Waals surface area contributed by atoms with E-state index < -0.39 is 0 Å². The third-order valence-electron chi connectivity index (χ3n) is 3.74. The summed E-state index contributed by atoms with van der Waals surface area (Å²) in [5.41, 5.74) is 3.60. The molecule has 0 amide bonds. The highest BCUT2D eigenvalue weighted by Crippen LogP contribution is 2.34. The van der Waals surface area contributed by atoms with Crippen molar-refractivity contribution in [1.29, 1.82) is 0 Å². The molecule has 0 unspecified atom stereocenters. The predicted octanol–water partition coefficient (Wildman–Crippen LogP) is 5.62. The number of aryl methyl sites for hydroxylation is 1. The lowest BCUT2D eigenvalue weighted by atomic mass is 10.1. The molecule has 0 aliphatic rings. The van der Waals surface area contributed by atoms with Crippen LogP contribution in [0, 0.1) is 6.92 Å². The summed E-state index contributed by atoms with van der Waals surface area (Å²) in [7, 11) is 0. The van der Waals surface area contributed by atoms with Crippen molar-refractivity contribution in [3.63, 3.8) is 0 Å². The van der Waals surface area contributed by atoms with Crippen LogP contribution in [0.4, 0.5) is 0 Å². The van der Waals surface area contributed by atoms with E-state index in [0.717, 1.165) is 33.6 Å². The molecule has 0 spiro atoms. The Balaban J connectivity index is 2.15. The van der Waals surface area contributed by atoms with E-state index in [9.17, 15) is 0 Å². The molecular weight excluding hydrogens is 378 g/mol. The van der Waals surface area contributed by atoms with Gasteiger partial charge >= 0.3 is 0 Å². The van der Waals surface area contributed by atoms with Crippen molar-refractivity contribution in [3.8, 4) is 11.5 Å². The van der Waals surface area contributed by atoms with Crippen LogP contribution in [0.2, 0.25) is 0 Å². The van der Waals surface area contributed by atoms with Crippen LogP contribution in [0.1, 0.15) is 44.4 Å². The molecule has 1 N–H and O–H groups in total. The fourth-order valence-electron chi connectivity index (χ4n) is 2.30. The lowest BCUT2D eigenvalue weighted by Crippen LogP contribution is -2.35. The second kappa shape index (κ2) is 8.72. The van der Waals surface area contributed by atoms with E-state index in [1.165, 1.54) is 5.56 Å². The number of nitrogens with one attached hydrogen (secondary N) is 1. The van der Waals surface area contributed by atoms with Gasteiger partial charge in [-0.15, -0.1) is 0 Å². The summed E-state index contributed by atoms with van der Waals surface area (Å²) in [5, 5.41) is 3.50. The normalized spacial score (nSPS) is 11.4. The second-order valence-corrected chi connectivity index (χ2v) is 8.06. The maximum atomic E-state index is 6.02. The first kappa shape index (κ1) is 19.8. The zero-order valence-corrected chi connectivity index (χ0v) is 17.4. The highest BCUT2D eigenvalue weighted by atomic mass is 79.9. The fraction of sp³-hybridized carbons (Fsp3) is 0.429. The molecule has 0 aliphatic carbocycles. The summed E-state index contributed by atoms with van der Waals surface area (Å²) in [6.45, 7) is 12.4. The topological polar surface area (TPSA) is 30.5 Å². The van der Waals surface area contributed by atoms with Gasteiger partial charge < -0.3 is 14.8 Å². The molecule has 4 heteroatoms. The molecule has 0 atom stereocenters. The average Bonchev–Trinajstić information content (AvgIpc) is 2.54. The smallest absolute Gasteiger partial charge is 0.162 e. The Labute approximate surface area is 159 Å². The van der Waals surface area contributed by atoms with Gasteiger partial charge in [0.1, 0.15) is 6.61 Å². The lowest BCUT2D eigenvalue weighted by molar-refractivity contribution is 0.268. The van der Waals surface area contributed by atoms with Gasteiger partial charge in [0.05, 0.1) is 6.61 Å². The van der Waals surface area contributed by atoms with E-state index in [-0.39, 0.29) is 5.54 Å². The van der Waals surface area contributed by atoms with Gasteiger partial charge in [-0.3, -0.25) is 0 Å². The lowest BCUT2D eigenvalue weighted by Gasteiger charge is -2.22. The summed E-state index contributed by atoms with van der Waals surface area (Å²) >= 11 is 3.66. The summed E-state index contributed by atoms with van der Waals surface area (Å²) < 4.78 is 12.8. The maximum Gasteiger partial charge on any atom is 0.162 e. The Hall–Kier alpha value is -1.52. The van der Waals surface area contributed by atoms with Gasteiger partial charge in [0, 0.05) is 16.6 Å². The molecule has 25 heavy (non-hydrogen) atoms. The minimum Gasteiger partial charge on any atom is -0.490 e. The third-order valence-corrected chi connectivity index (χ3v) is 4.47. The summed E-state index contributed by atoms with van der Waals surface area (Å²) in [4.78, 5) is 0. The largest absolute Gasteiger partial charge is 0.490 e. The first-order valence-corrected chi connectivity index (χ1v) is 9.46. The van der Waals surface area contributed by atoms with E-state index in [4.69, 9.17) is 9.47 Å². The van der Waals surface area contributed by atoms with E-state index in [1.54, 1.807) is 0 Å². The molecule has 3 nitrogen and oxygen atoms in total. The third kappa shape index (κ3) is 6.37. The molecule has 2 rings (SSSR count). The van der Waals surface area contributed by atoms with Crippen molar-refractivity contribution < 1.29 is 9.47 Å². The zero-order valence-electron chi connectivity index (χ0n) is 15.8. The standard InChI is InChI=1S/C21H28BrNO2/c1-6-24-19-11-17(13-23-21(3,4)5)18(22)12-20(19)25-14-16-9-7-15(2)8-10-16/h7-12,23H,6,13-14H2,1-5H3. The van der Waals surface area contributed by atoms with Crippen molar-refractivity contribution in [3.05, 3.63) is 57.6 Å². The Morgan fingerprint density at radius 1 is 1.00 bits per heavy atom. The van der Waals surface area contributed by atoms with Crippen LogP contribution in [0.3, 0.4) is 0 Å². The SMILES string of the molecule is CCOc1cc(CNC(C)(C)C)c(Br)cc1OCc1ccc(C)cc1. The van der Waals surface area contributed by atoms with Gasteiger partial charge in [-0.05, 0) is 57.9 Å². The Kier molecular flexibility index (Phi) is 6.91.